The lowest BCUT2D eigenvalue weighted by Crippen LogP contribution is -2.55. The highest BCUT2D eigenvalue weighted by molar-refractivity contribution is 6.06. The largest absolute Gasteiger partial charge is 0.478 e. The predicted molar refractivity (Wildman–Crippen MR) is 217 cm³/mol. The Bertz CT molecular complexity index is 2050. The molecular weight excluding hydrogens is 691 g/mol. The number of hydrogen-bond acceptors (Lipinski definition) is 5. The van der Waals surface area contributed by atoms with Gasteiger partial charge in [-0.25, -0.2) is 4.79 Å². The van der Waals surface area contributed by atoms with Crippen LogP contribution in [0, 0.1) is 0 Å². The summed E-state index contributed by atoms with van der Waals surface area (Å²) in [6.07, 6.45) is 12.9. The van der Waals surface area contributed by atoms with Crippen molar-refractivity contribution in [2.45, 2.75) is 94.7 Å². The van der Waals surface area contributed by atoms with Crippen LogP contribution < -0.4 is 10.6 Å². The number of benzene rings is 3. The van der Waals surface area contributed by atoms with Crippen molar-refractivity contribution in [3.05, 3.63) is 95.6 Å². The van der Waals surface area contributed by atoms with E-state index in [9.17, 15) is 19.2 Å². The molecule has 0 bridgehead atoms. The van der Waals surface area contributed by atoms with Crippen molar-refractivity contribution in [1.29, 1.82) is 0 Å². The Morgan fingerprint density at radius 3 is 2.20 bits per heavy atom. The molecule has 2 aliphatic carbocycles. The van der Waals surface area contributed by atoms with E-state index in [0.29, 0.717) is 41.6 Å². The average Bonchev–Trinajstić information content (AvgIpc) is 3.81. The molecule has 55 heavy (non-hydrogen) atoms. The minimum atomic E-state index is -1.08. The fourth-order valence-electron chi connectivity index (χ4n) is 9.03. The lowest BCUT2D eigenvalue weighted by atomic mass is 9.81. The first-order chi connectivity index (χ1) is 26.6. The standard InChI is InChI=1S/C45H53N5O5/c1-48(2)36-23-27-49(28-24-36)39(51)30-50-38-29-34(18-21-37(38)41(32-11-5-3-6-12-32)42(50)33-13-7-4-8-14-33)43(54)47-45(25-9-10-26-45)44(55)46-35-19-15-31(16-20-35)17-22-40(52)53/h4,7-8,13-22,29,32,36H,3,5-6,9-12,23-28,30H2,1-2H3,(H,46,55)(H,47,54)(H,52,53)/b22-17+. The van der Waals surface area contributed by atoms with Gasteiger partial charge < -0.3 is 30.1 Å². The first-order valence-electron chi connectivity index (χ1n) is 19.9. The minimum Gasteiger partial charge on any atom is -0.478 e. The number of aromatic nitrogens is 1. The maximum atomic E-state index is 14.3. The molecule has 0 atom stereocenters. The number of piperidine rings is 1. The molecule has 10 heteroatoms. The third-order valence-electron chi connectivity index (χ3n) is 12.1. The topological polar surface area (TPSA) is 124 Å². The van der Waals surface area contributed by atoms with Gasteiger partial charge in [0.25, 0.3) is 5.91 Å². The quantitative estimate of drug-likeness (QED) is 0.136. The van der Waals surface area contributed by atoms with Crippen LogP contribution in [0.15, 0.2) is 78.9 Å². The molecule has 1 aromatic heterocycles. The molecule has 3 amide bonds. The van der Waals surface area contributed by atoms with Crippen LogP contribution in [0.1, 0.15) is 98.0 Å². The Morgan fingerprint density at radius 1 is 0.855 bits per heavy atom. The summed E-state index contributed by atoms with van der Waals surface area (Å²) in [6, 6.07) is 23.6. The van der Waals surface area contributed by atoms with Crippen LogP contribution in [-0.4, -0.2) is 81.9 Å². The monoisotopic (exact) mass is 743 g/mol. The van der Waals surface area contributed by atoms with Gasteiger partial charge in [0.1, 0.15) is 12.1 Å². The maximum Gasteiger partial charge on any atom is 0.328 e. The average molecular weight is 744 g/mol. The summed E-state index contributed by atoms with van der Waals surface area (Å²) in [4.78, 5) is 57.5. The first kappa shape index (κ1) is 38.1. The van der Waals surface area contributed by atoms with E-state index in [1.54, 1.807) is 24.3 Å². The molecule has 7 rings (SSSR count). The number of carboxylic acid groups (broad SMARTS) is 1. The first-order valence-corrected chi connectivity index (χ1v) is 19.9. The number of fused-ring (bicyclic) bond motifs is 1. The van der Waals surface area contributed by atoms with Gasteiger partial charge >= 0.3 is 5.97 Å². The molecule has 2 heterocycles. The third kappa shape index (κ3) is 8.39. The summed E-state index contributed by atoms with van der Waals surface area (Å²) in [5.41, 5.74) is 4.90. The van der Waals surface area contributed by atoms with Crippen LogP contribution in [0.3, 0.4) is 0 Å². The number of hydrogen-bond donors (Lipinski definition) is 3. The number of rotatable bonds is 11. The second-order valence-electron chi connectivity index (χ2n) is 15.8. The fraction of sp³-hybridized carbons (Fsp3) is 0.422. The SMILES string of the molecule is CN(C)C1CCN(C(=O)Cn2c(-c3ccccc3)c(C3CCCCC3)c3ccc(C(=O)NC4(C(=O)Nc5ccc(/C=C/C(=O)O)cc5)CCCC4)cc32)CC1. The van der Waals surface area contributed by atoms with Gasteiger partial charge in [-0.15, -0.1) is 0 Å². The van der Waals surface area contributed by atoms with Crippen molar-refractivity contribution < 1.29 is 24.3 Å². The van der Waals surface area contributed by atoms with Gasteiger partial charge in [0.05, 0.1) is 11.2 Å². The Labute approximate surface area is 323 Å². The second kappa shape index (κ2) is 16.7. The zero-order valence-electron chi connectivity index (χ0n) is 32.1. The zero-order chi connectivity index (χ0) is 38.5. The van der Waals surface area contributed by atoms with E-state index in [4.69, 9.17) is 5.11 Å². The highest BCUT2D eigenvalue weighted by atomic mass is 16.4. The summed E-state index contributed by atoms with van der Waals surface area (Å²) in [5.74, 6) is -1.19. The summed E-state index contributed by atoms with van der Waals surface area (Å²) in [5, 5.41) is 16.2. The number of carbonyl (C=O) groups excluding carboxylic acids is 3. The van der Waals surface area contributed by atoms with E-state index in [1.807, 2.05) is 35.2 Å². The molecule has 0 spiro atoms. The molecule has 3 fully saturated rings. The number of anilines is 1. The van der Waals surface area contributed by atoms with Crippen molar-refractivity contribution in [3.63, 3.8) is 0 Å². The number of nitrogens with one attached hydrogen (secondary N) is 2. The van der Waals surface area contributed by atoms with Crippen LogP contribution in [0.2, 0.25) is 0 Å². The molecule has 4 aromatic rings. The van der Waals surface area contributed by atoms with Gasteiger partial charge in [0.2, 0.25) is 11.8 Å². The molecule has 3 N–H and O–H groups in total. The van der Waals surface area contributed by atoms with Crippen LogP contribution >= 0.6 is 0 Å². The summed E-state index contributed by atoms with van der Waals surface area (Å²) >= 11 is 0. The molecule has 1 aliphatic heterocycles. The van der Waals surface area contributed by atoms with Crippen molar-refractivity contribution in [1.82, 2.24) is 19.7 Å². The fourth-order valence-corrected chi connectivity index (χ4v) is 9.03. The van der Waals surface area contributed by atoms with Crippen LogP contribution in [0.5, 0.6) is 0 Å². The van der Waals surface area contributed by atoms with Crippen molar-refractivity contribution in [2.75, 3.05) is 32.5 Å². The summed E-state index contributed by atoms with van der Waals surface area (Å²) in [6.45, 7) is 1.63. The smallest absolute Gasteiger partial charge is 0.328 e. The molecular formula is C45H53N5O5. The molecule has 3 aromatic carbocycles. The lowest BCUT2D eigenvalue weighted by molar-refractivity contribution is -0.133. The number of carboxylic acids is 1. The van der Waals surface area contributed by atoms with E-state index in [0.717, 1.165) is 79.9 Å². The van der Waals surface area contributed by atoms with Crippen LogP contribution in [0.25, 0.3) is 28.2 Å². The Hall–Kier alpha value is -5.22. The van der Waals surface area contributed by atoms with Crippen LogP contribution in [0.4, 0.5) is 5.69 Å². The van der Waals surface area contributed by atoms with Crippen molar-refractivity contribution in [2.24, 2.45) is 0 Å². The van der Waals surface area contributed by atoms with Gasteiger partial charge in [-0.2, -0.15) is 0 Å². The number of likely N-dealkylation sites (tertiary alicyclic amines) is 1. The van der Waals surface area contributed by atoms with Gasteiger partial charge in [0.15, 0.2) is 0 Å². The molecule has 288 valence electrons. The number of carbonyl (C=O) groups is 4. The van der Waals surface area contributed by atoms with Crippen molar-refractivity contribution in [3.8, 4) is 11.3 Å². The Morgan fingerprint density at radius 2 is 1.55 bits per heavy atom. The summed E-state index contributed by atoms with van der Waals surface area (Å²) in [7, 11) is 4.21. The van der Waals surface area contributed by atoms with Crippen molar-refractivity contribution >= 4 is 46.4 Å². The Balaban J connectivity index is 1.22. The third-order valence-corrected chi connectivity index (χ3v) is 12.1. The minimum absolute atomic E-state index is 0.0869. The maximum absolute atomic E-state index is 14.3. The van der Waals surface area contributed by atoms with E-state index < -0.39 is 11.5 Å². The normalized spacial score (nSPS) is 17.9. The molecule has 10 nitrogen and oxygen atoms in total. The van der Waals surface area contributed by atoms with E-state index >= 15 is 0 Å². The predicted octanol–water partition coefficient (Wildman–Crippen LogP) is 7.69. The lowest BCUT2D eigenvalue weighted by Gasteiger charge is -2.35. The zero-order valence-corrected chi connectivity index (χ0v) is 32.1. The van der Waals surface area contributed by atoms with Crippen LogP contribution in [-0.2, 0) is 20.9 Å². The van der Waals surface area contributed by atoms with Gasteiger partial charge in [-0.3, -0.25) is 14.4 Å². The van der Waals surface area contributed by atoms with E-state index in [-0.39, 0.29) is 24.3 Å². The highest BCUT2D eigenvalue weighted by Crippen LogP contribution is 2.44. The molecule has 0 radical (unpaired) electrons. The van der Waals surface area contributed by atoms with E-state index in [1.165, 1.54) is 30.9 Å². The number of amides is 3. The van der Waals surface area contributed by atoms with E-state index in [2.05, 4.69) is 52.4 Å². The molecule has 0 unspecified atom stereocenters. The second-order valence-corrected chi connectivity index (χ2v) is 15.8. The van der Waals surface area contributed by atoms with Gasteiger partial charge in [-0.05, 0) is 106 Å². The molecule has 2 saturated carbocycles. The molecule has 3 aliphatic rings. The number of aliphatic carboxylic acids is 1. The van der Waals surface area contributed by atoms with Gasteiger partial charge in [0, 0.05) is 41.8 Å². The highest BCUT2D eigenvalue weighted by Gasteiger charge is 2.43. The Kier molecular flexibility index (Phi) is 11.5. The number of nitrogens with zero attached hydrogens (tertiary/aromatic N) is 3. The van der Waals surface area contributed by atoms with Gasteiger partial charge in [-0.1, -0.05) is 80.6 Å². The summed E-state index contributed by atoms with van der Waals surface area (Å²) < 4.78 is 2.17. The molecule has 1 saturated heterocycles.